The number of rotatable bonds is 11. The standard InChI is InChI=1S/C40H43F5N4O4/c1-4-8-34-39(53-30-15-13-29(14-16-30)40(43,44)45,18-7-22-49(34)35(51)31-25-47-21-17-33(31)37(3,41)42)36(52)48-23-19-38(26-46,20-24-48)32-10-6-5-9-28(32)12-11-27(2)50/h5-6,9-10,13-17,21,25,34H,4,7-8,11-12,18-20,22-24H2,1-3H3/t34-,39+/m1/s1. The van der Waals surface area contributed by atoms with Gasteiger partial charge in [-0.25, -0.2) is 8.78 Å². The van der Waals surface area contributed by atoms with Gasteiger partial charge in [0.15, 0.2) is 0 Å². The highest BCUT2D eigenvalue weighted by Crippen LogP contribution is 2.43. The second kappa shape index (κ2) is 15.6. The Kier molecular flexibility index (Phi) is 11.6. The van der Waals surface area contributed by atoms with Gasteiger partial charge in [-0.15, -0.1) is 0 Å². The summed E-state index contributed by atoms with van der Waals surface area (Å²) in [5.41, 5.74) is -2.83. The Hall–Kier alpha value is -4.86. The number of carbonyl (C=O) groups excluding carboxylic acids is 3. The minimum atomic E-state index is -4.61. The molecular formula is C40H43F5N4O4. The average molecular weight is 739 g/mol. The van der Waals surface area contributed by atoms with E-state index in [0.29, 0.717) is 26.2 Å². The highest BCUT2D eigenvalue weighted by atomic mass is 19.4. The number of amides is 2. The molecule has 0 bridgehead atoms. The first-order valence-corrected chi connectivity index (χ1v) is 17.8. The number of benzene rings is 2. The Morgan fingerprint density at radius 3 is 2.26 bits per heavy atom. The number of halogens is 5. The van der Waals surface area contributed by atoms with Crippen LogP contribution >= 0.6 is 0 Å². The number of nitriles is 1. The second-order valence-electron chi connectivity index (χ2n) is 14.1. The molecule has 5 rings (SSSR count). The number of ketones is 1. The summed E-state index contributed by atoms with van der Waals surface area (Å²) in [5.74, 6) is -4.64. The van der Waals surface area contributed by atoms with Crippen molar-refractivity contribution < 1.29 is 41.1 Å². The Morgan fingerprint density at radius 2 is 1.66 bits per heavy atom. The van der Waals surface area contributed by atoms with Crippen LogP contribution in [0.15, 0.2) is 67.0 Å². The van der Waals surface area contributed by atoms with E-state index >= 15 is 4.79 Å². The number of ether oxygens (including phenoxy) is 1. The van der Waals surface area contributed by atoms with E-state index in [2.05, 4.69) is 11.1 Å². The fraction of sp³-hybridized carbons (Fsp3) is 0.475. The lowest BCUT2D eigenvalue weighted by Crippen LogP contribution is -2.68. The summed E-state index contributed by atoms with van der Waals surface area (Å²) in [6.45, 7) is 4.41. The third-order valence-electron chi connectivity index (χ3n) is 10.5. The van der Waals surface area contributed by atoms with E-state index in [1.807, 2.05) is 31.2 Å². The van der Waals surface area contributed by atoms with Crippen LogP contribution in [0.1, 0.15) is 98.3 Å². The van der Waals surface area contributed by atoms with Crippen LogP contribution in [0, 0.1) is 11.3 Å². The fourth-order valence-corrected chi connectivity index (χ4v) is 7.74. The molecule has 2 amide bonds. The lowest BCUT2D eigenvalue weighted by atomic mass is 9.71. The van der Waals surface area contributed by atoms with Crippen LogP contribution in [0.2, 0.25) is 0 Å². The summed E-state index contributed by atoms with van der Waals surface area (Å²) in [5, 5.41) is 10.6. The molecule has 3 aromatic rings. The summed E-state index contributed by atoms with van der Waals surface area (Å²) >= 11 is 0. The number of hydrogen-bond acceptors (Lipinski definition) is 6. The van der Waals surface area contributed by atoms with Gasteiger partial charge in [-0.3, -0.25) is 14.6 Å². The molecule has 0 unspecified atom stereocenters. The van der Waals surface area contributed by atoms with Gasteiger partial charge < -0.3 is 19.3 Å². The van der Waals surface area contributed by atoms with Gasteiger partial charge >= 0.3 is 6.18 Å². The summed E-state index contributed by atoms with van der Waals surface area (Å²) in [7, 11) is 0. The van der Waals surface area contributed by atoms with Gasteiger partial charge in [-0.2, -0.15) is 18.4 Å². The molecule has 2 atom stereocenters. The number of nitrogens with zero attached hydrogens (tertiary/aromatic N) is 4. The van der Waals surface area contributed by atoms with Crippen molar-refractivity contribution in [3.05, 3.63) is 94.8 Å². The van der Waals surface area contributed by atoms with Crippen LogP contribution in [0.5, 0.6) is 5.75 Å². The molecule has 0 spiro atoms. The lowest BCUT2D eigenvalue weighted by Gasteiger charge is -2.51. The number of Topliss-reactive ketones (excluding diaryl/α,β-unsaturated/α-hetero) is 1. The van der Waals surface area contributed by atoms with Crippen LogP contribution in [0.3, 0.4) is 0 Å². The summed E-state index contributed by atoms with van der Waals surface area (Å²) in [6.07, 6.45) is -0.0628. The molecule has 2 aliphatic heterocycles. The number of hydrogen-bond donors (Lipinski definition) is 0. The zero-order chi connectivity index (χ0) is 38.6. The largest absolute Gasteiger partial charge is 0.475 e. The zero-order valence-electron chi connectivity index (χ0n) is 30.0. The first-order valence-electron chi connectivity index (χ1n) is 17.8. The number of likely N-dealkylation sites (tertiary alicyclic amines) is 2. The molecule has 0 saturated carbocycles. The number of aryl methyl sites for hydroxylation is 1. The molecule has 53 heavy (non-hydrogen) atoms. The van der Waals surface area contributed by atoms with Crippen LogP contribution in [0.25, 0.3) is 0 Å². The maximum absolute atomic E-state index is 15.0. The van der Waals surface area contributed by atoms with Crippen molar-refractivity contribution >= 4 is 17.6 Å². The average Bonchev–Trinajstić information content (AvgIpc) is 3.14. The van der Waals surface area contributed by atoms with Gasteiger partial charge in [0.05, 0.1) is 28.7 Å². The monoisotopic (exact) mass is 738 g/mol. The molecule has 0 radical (unpaired) electrons. The molecule has 3 heterocycles. The van der Waals surface area contributed by atoms with Crippen LogP contribution in [0.4, 0.5) is 22.0 Å². The van der Waals surface area contributed by atoms with Crippen molar-refractivity contribution in [3.63, 3.8) is 0 Å². The summed E-state index contributed by atoms with van der Waals surface area (Å²) < 4.78 is 76.4. The van der Waals surface area contributed by atoms with Crippen LogP contribution in [-0.4, -0.2) is 63.7 Å². The number of carbonyl (C=O) groups is 3. The van der Waals surface area contributed by atoms with Crippen LogP contribution < -0.4 is 4.74 Å². The fourth-order valence-electron chi connectivity index (χ4n) is 7.74. The first kappa shape index (κ1) is 39.3. The Balaban J connectivity index is 1.54. The van der Waals surface area contributed by atoms with Gasteiger partial charge in [0, 0.05) is 57.4 Å². The van der Waals surface area contributed by atoms with E-state index in [9.17, 15) is 36.8 Å². The van der Waals surface area contributed by atoms with Gasteiger partial charge in [-0.05, 0) is 80.5 Å². The van der Waals surface area contributed by atoms with Crippen molar-refractivity contribution in [2.75, 3.05) is 19.6 Å². The quantitative estimate of drug-likeness (QED) is 0.185. The third-order valence-corrected chi connectivity index (χ3v) is 10.5. The third kappa shape index (κ3) is 8.21. The van der Waals surface area contributed by atoms with Gasteiger partial charge in [0.2, 0.25) is 5.60 Å². The summed E-state index contributed by atoms with van der Waals surface area (Å²) in [6, 6.07) is 14.0. The molecular weight excluding hydrogens is 695 g/mol. The first-order chi connectivity index (χ1) is 25.1. The molecule has 2 saturated heterocycles. The Morgan fingerprint density at radius 1 is 0.981 bits per heavy atom. The molecule has 0 N–H and O–H groups in total. The Bertz CT molecular complexity index is 1840. The van der Waals surface area contributed by atoms with E-state index in [1.165, 1.54) is 18.0 Å². The number of aromatic nitrogens is 1. The van der Waals surface area contributed by atoms with Gasteiger partial charge in [-0.1, -0.05) is 37.6 Å². The molecule has 2 aromatic carbocycles. The van der Waals surface area contributed by atoms with Gasteiger partial charge in [0.25, 0.3) is 17.7 Å². The molecule has 0 aliphatic carbocycles. The predicted molar refractivity (Wildman–Crippen MR) is 186 cm³/mol. The topological polar surface area (TPSA) is 104 Å². The number of piperidine rings is 2. The maximum Gasteiger partial charge on any atom is 0.416 e. The minimum absolute atomic E-state index is 0.0216. The van der Waals surface area contributed by atoms with Crippen LogP contribution in [-0.2, 0) is 33.5 Å². The van der Waals surface area contributed by atoms with Crippen molar-refractivity contribution in [2.24, 2.45) is 0 Å². The molecule has 1 aromatic heterocycles. The smallest absolute Gasteiger partial charge is 0.416 e. The predicted octanol–water partition coefficient (Wildman–Crippen LogP) is 8.04. The zero-order valence-corrected chi connectivity index (χ0v) is 30.0. The van der Waals surface area contributed by atoms with E-state index in [1.54, 1.807) is 4.90 Å². The molecule has 2 aliphatic rings. The van der Waals surface area contributed by atoms with Gasteiger partial charge in [0.1, 0.15) is 11.5 Å². The normalized spacial score (nSPS) is 20.4. The van der Waals surface area contributed by atoms with Crippen molar-refractivity contribution in [1.29, 1.82) is 5.26 Å². The lowest BCUT2D eigenvalue weighted by molar-refractivity contribution is -0.160. The van der Waals surface area contributed by atoms with Crippen molar-refractivity contribution in [2.45, 2.75) is 101 Å². The number of pyridine rings is 1. The highest BCUT2D eigenvalue weighted by molar-refractivity contribution is 5.97. The maximum atomic E-state index is 15.0. The van der Waals surface area contributed by atoms with E-state index in [4.69, 9.17) is 4.74 Å². The second-order valence-corrected chi connectivity index (χ2v) is 14.1. The SMILES string of the molecule is CCC[C@H]1N(C(=O)c2cnccc2C(C)(F)F)CCC[C@@]1(Oc1ccc(C(F)(F)F)cc1)C(=O)N1CCC(C#N)(c2ccccc2CCC(C)=O)CC1. The minimum Gasteiger partial charge on any atom is -0.475 e. The molecule has 13 heteroatoms. The molecule has 282 valence electrons. The van der Waals surface area contributed by atoms with E-state index < -0.39 is 52.1 Å². The van der Waals surface area contributed by atoms with E-state index in [-0.39, 0.29) is 68.8 Å². The Labute approximate surface area is 305 Å². The highest BCUT2D eigenvalue weighted by Gasteiger charge is 2.56. The molecule has 8 nitrogen and oxygen atoms in total. The van der Waals surface area contributed by atoms with Crippen molar-refractivity contribution in [1.82, 2.24) is 14.8 Å². The van der Waals surface area contributed by atoms with Crippen molar-refractivity contribution in [3.8, 4) is 11.8 Å². The number of alkyl halides is 5. The summed E-state index contributed by atoms with van der Waals surface area (Å²) in [4.78, 5) is 48.0. The van der Waals surface area contributed by atoms with E-state index in [0.717, 1.165) is 47.7 Å². The molecule has 2 fully saturated rings.